The van der Waals surface area contributed by atoms with E-state index in [0.29, 0.717) is 13.2 Å². The van der Waals surface area contributed by atoms with Gasteiger partial charge < -0.3 is 9.84 Å². The van der Waals surface area contributed by atoms with E-state index in [1.165, 1.54) is 63.4 Å². The Balaban J connectivity index is 1.56. The Hall–Kier alpha value is -2.29. The molecule has 0 heterocycles. The summed E-state index contributed by atoms with van der Waals surface area (Å²) < 4.78 is 5.79. The van der Waals surface area contributed by atoms with Crippen LogP contribution in [0, 0.1) is 0 Å². The Morgan fingerprint density at radius 3 is 2.17 bits per heavy atom. The Labute approximate surface area is 183 Å². The highest BCUT2D eigenvalue weighted by molar-refractivity contribution is 5.83. The van der Waals surface area contributed by atoms with Crippen molar-refractivity contribution in [1.29, 1.82) is 0 Å². The summed E-state index contributed by atoms with van der Waals surface area (Å²) in [5.74, 6) is 0.948. The molecule has 0 aliphatic carbocycles. The molecular formula is C27H39NO2. The average Bonchev–Trinajstić information content (AvgIpc) is 2.77. The highest BCUT2D eigenvalue weighted by atomic mass is 16.5. The minimum Gasteiger partial charge on any atom is -0.507 e. The van der Waals surface area contributed by atoms with E-state index in [4.69, 9.17) is 4.74 Å². The molecule has 0 fully saturated rings. The van der Waals surface area contributed by atoms with E-state index in [0.717, 1.165) is 24.2 Å². The van der Waals surface area contributed by atoms with Gasteiger partial charge in [-0.25, -0.2) is 0 Å². The number of hydrogen-bond donors (Lipinski definition) is 1. The number of phenolic OH excluding ortho intramolecular Hbond substituents is 1. The van der Waals surface area contributed by atoms with Gasteiger partial charge in [0, 0.05) is 24.4 Å². The number of phenols is 1. The minimum absolute atomic E-state index is 0.221. The van der Waals surface area contributed by atoms with Gasteiger partial charge in [0.05, 0.1) is 6.61 Å². The van der Waals surface area contributed by atoms with E-state index in [1.807, 2.05) is 30.3 Å². The first-order chi connectivity index (χ1) is 14.8. The topological polar surface area (TPSA) is 41.8 Å². The zero-order valence-electron chi connectivity index (χ0n) is 18.7. The first-order valence-electron chi connectivity index (χ1n) is 11.8. The molecular weight excluding hydrogens is 370 g/mol. The molecule has 0 unspecified atom stereocenters. The van der Waals surface area contributed by atoms with Gasteiger partial charge in [-0.1, -0.05) is 95.0 Å². The molecule has 30 heavy (non-hydrogen) atoms. The lowest BCUT2D eigenvalue weighted by molar-refractivity contribution is 0.302. The van der Waals surface area contributed by atoms with E-state index in [9.17, 15) is 5.11 Å². The predicted octanol–water partition coefficient (Wildman–Crippen LogP) is 7.35. The normalized spacial score (nSPS) is 11.2. The van der Waals surface area contributed by atoms with Crippen LogP contribution in [0.25, 0.3) is 0 Å². The first kappa shape index (κ1) is 24.0. The number of rotatable bonds is 16. The van der Waals surface area contributed by atoms with Crippen molar-refractivity contribution in [1.82, 2.24) is 0 Å². The van der Waals surface area contributed by atoms with Gasteiger partial charge in [0.15, 0.2) is 0 Å². The summed E-state index contributed by atoms with van der Waals surface area (Å²) in [6.45, 7) is 3.68. The summed E-state index contributed by atoms with van der Waals surface area (Å²) in [4.78, 5) is 4.43. The van der Waals surface area contributed by atoms with Crippen molar-refractivity contribution in [2.45, 2.75) is 77.6 Å². The smallest absolute Gasteiger partial charge is 0.128 e. The highest BCUT2D eigenvalue weighted by Gasteiger charge is 2.02. The molecule has 0 atom stereocenters. The lowest BCUT2D eigenvalue weighted by atomic mass is 10.1. The molecule has 0 amide bonds. The molecule has 3 heteroatoms. The number of nitrogens with zero attached hydrogens (tertiary/aromatic N) is 1. The van der Waals surface area contributed by atoms with Crippen molar-refractivity contribution in [2.24, 2.45) is 4.99 Å². The Morgan fingerprint density at radius 1 is 0.833 bits per heavy atom. The van der Waals surface area contributed by atoms with Crippen LogP contribution in [0.2, 0.25) is 0 Å². The third-order valence-electron chi connectivity index (χ3n) is 5.37. The number of unbranched alkanes of at least 4 members (excludes halogenated alkanes) is 9. The van der Waals surface area contributed by atoms with Gasteiger partial charge in [0.25, 0.3) is 0 Å². The van der Waals surface area contributed by atoms with Gasteiger partial charge in [-0.2, -0.15) is 0 Å². The maximum Gasteiger partial charge on any atom is 0.128 e. The third kappa shape index (κ3) is 10.5. The van der Waals surface area contributed by atoms with Crippen molar-refractivity contribution < 1.29 is 9.84 Å². The molecule has 0 radical (unpaired) electrons. The minimum atomic E-state index is 0.221. The van der Waals surface area contributed by atoms with Gasteiger partial charge in [-0.3, -0.25) is 4.99 Å². The zero-order valence-corrected chi connectivity index (χ0v) is 18.7. The second-order valence-electron chi connectivity index (χ2n) is 8.02. The molecule has 2 aromatic rings. The summed E-state index contributed by atoms with van der Waals surface area (Å²) in [7, 11) is 0. The monoisotopic (exact) mass is 409 g/mol. The molecule has 0 aliphatic rings. The van der Waals surface area contributed by atoms with E-state index < -0.39 is 0 Å². The molecule has 3 nitrogen and oxygen atoms in total. The first-order valence-corrected chi connectivity index (χ1v) is 11.8. The van der Waals surface area contributed by atoms with Gasteiger partial charge in [0.1, 0.15) is 11.5 Å². The van der Waals surface area contributed by atoms with Crippen molar-refractivity contribution >= 4 is 6.21 Å². The van der Waals surface area contributed by atoms with Crippen LogP contribution < -0.4 is 4.74 Å². The summed E-state index contributed by atoms with van der Waals surface area (Å²) >= 11 is 0. The molecule has 0 saturated carbocycles. The fourth-order valence-electron chi connectivity index (χ4n) is 3.50. The lowest BCUT2D eigenvalue weighted by Gasteiger charge is -2.08. The van der Waals surface area contributed by atoms with Crippen LogP contribution in [-0.2, 0) is 6.42 Å². The molecule has 0 spiro atoms. The number of aromatic hydroxyl groups is 1. The number of ether oxygens (including phenoxy) is 1. The molecule has 1 N–H and O–H groups in total. The zero-order chi connectivity index (χ0) is 21.3. The van der Waals surface area contributed by atoms with E-state index >= 15 is 0 Å². The molecule has 2 rings (SSSR count). The fraction of sp³-hybridized carbons (Fsp3) is 0.519. The number of aliphatic imine (C=N–C) groups is 1. The Bertz CT molecular complexity index is 712. The van der Waals surface area contributed by atoms with Crippen LogP contribution in [0.4, 0.5) is 0 Å². The van der Waals surface area contributed by atoms with Crippen LogP contribution in [-0.4, -0.2) is 24.5 Å². The van der Waals surface area contributed by atoms with Crippen LogP contribution in [0.15, 0.2) is 53.5 Å². The third-order valence-corrected chi connectivity index (χ3v) is 5.37. The van der Waals surface area contributed by atoms with Gasteiger partial charge in [-0.05, 0) is 30.5 Å². The molecule has 0 saturated heterocycles. The van der Waals surface area contributed by atoms with Crippen LogP contribution >= 0.6 is 0 Å². The molecule has 0 bridgehead atoms. The SMILES string of the molecule is CCCCCCCCCCCCOc1ccc(C=NCCc2ccccc2)c(O)c1. The number of benzene rings is 2. The second-order valence-corrected chi connectivity index (χ2v) is 8.02. The lowest BCUT2D eigenvalue weighted by Crippen LogP contribution is -1.98. The van der Waals surface area contributed by atoms with Crippen LogP contribution in [0.5, 0.6) is 11.5 Å². The maximum absolute atomic E-state index is 10.2. The van der Waals surface area contributed by atoms with Gasteiger partial charge in [-0.15, -0.1) is 0 Å². The molecule has 164 valence electrons. The van der Waals surface area contributed by atoms with Crippen molar-refractivity contribution in [2.75, 3.05) is 13.2 Å². The summed E-state index contributed by atoms with van der Waals surface area (Å²) in [5.41, 5.74) is 2.00. The van der Waals surface area contributed by atoms with Crippen molar-refractivity contribution in [3.05, 3.63) is 59.7 Å². The van der Waals surface area contributed by atoms with E-state index in [2.05, 4.69) is 24.0 Å². The predicted molar refractivity (Wildman–Crippen MR) is 128 cm³/mol. The Kier molecular flexibility index (Phi) is 12.4. The second kappa shape index (κ2) is 15.5. The van der Waals surface area contributed by atoms with E-state index in [1.54, 1.807) is 12.3 Å². The highest BCUT2D eigenvalue weighted by Crippen LogP contribution is 2.22. The van der Waals surface area contributed by atoms with Crippen molar-refractivity contribution in [3.8, 4) is 11.5 Å². The number of hydrogen-bond acceptors (Lipinski definition) is 3. The summed E-state index contributed by atoms with van der Waals surface area (Å²) in [5, 5.41) is 10.2. The van der Waals surface area contributed by atoms with Crippen LogP contribution in [0.3, 0.4) is 0 Å². The quantitative estimate of drug-likeness (QED) is 0.232. The average molecular weight is 410 g/mol. The van der Waals surface area contributed by atoms with Gasteiger partial charge in [0.2, 0.25) is 0 Å². The van der Waals surface area contributed by atoms with Gasteiger partial charge >= 0.3 is 0 Å². The van der Waals surface area contributed by atoms with E-state index in [-0.39, 0.29) is 5.75 Å². The maximum atomic E-state index is 10.2. The molecule has 2 aromatic carbocycles. The molecule has 0 aromatic heterocycles. The summed E-state index contributed by atoms with van der Waals surface area (Å²) in [6.07, 6.45) is 15.8. The fourth-order valence-corrected chi connectivity index (χ4v) is 3.50. The summed E-state index contributed by atoms with van der Waals surface area (Å²) in [6, 6.07) is 15.8. The molecule has 0 aliphatic heterocycles. The van der Waals surface area contributed by atoms with Crippen LogP contribution in [0.1, 0.15) is 82.3 Å². The largest absolute Gasteiger partial charge is 0.507 e. The Morgan fingerprint density at radius 2 is 1.50 bits per heavy atom. The standard InChI is InChI=1S/C27H39NO2/c1-2-3-4-5-6-7-8-9-10-14-21-30-26-18-17-25(27(29)22-26)23-28-20-19-24-15-12-11-13-16-24/h11-13,15-18,22-23,29H,2-10,14,19-21H2,1H3. The van der Waals surface area contributed by atoms with Crippen molar-refractivity contribution in [3.63, 3.8) is 0 Å².